The number of benzene rings is 2. The molecule has 0 amide bonds. The number of nitrogens with two attached hydrogens (primary N) is 1. The van der Waals surface area contributed by atoms with E-state index >= 15 is 0 Å². The molecule has 3 N–H and O–H groups in total. The number of rotatable bonds is 3. The van der Waals surface area contributed by atoms with Gasteiger partial charge in [-0.2, -0.15) is 0 Å². The molecule has 0 bridgehead atoms. The maximum Gasteiger partial charge on any atom is 0.0940 e. The molecular formula is C16H19NO2. The first kappa shape index (κ1) is 13.7. The Balaban J connectivity index is 0.000000637. The molecular weight excluding hydrogens is 238 g/mol. The standard InChI is InChI=1S/C15H15NO.CH4O/c16-10-17-9-15-13-7-3-1-5-11(13)12-6-2-4-8-14(12)15;1-2/h1-8,15H,9-10,16H2;2H,1H3. The summed E-state index contributed by atoms with van der Waals surface area (Å²) in [5.74, 6) is 0.325. The summed E-state index contributed by atoms with van der Waals surface area (Å²) in [6.45, 7) is 0.936. The predicted molar refractivity (Wildman–Crippen MR) is 76.9 cm³/mol. The maximum atomic E-state index is 7.00. The van der Waals surface area contributed by atoms with E-state index in [0.717, 1.165) is 7.11 Å². The van der Waals surface area contributed by atoms with Crippen molar-refractivity contribution in [1.29, 1.82) is 0 Å². The summed E-state index contributed by atoms with van der Waals surface area (Å²) in [6.07, 6.45) is 0. The summed E-state index contributed by atoms with van der Waals surface area (Å²) in [5, 5.41) is 7.00. The molecule has 0 heterocycles. The van der Waals surface area contributed by atoms with E-state index in [0.29, 0.717) is 12.5 Å². The number of hydrogen-bond donors (Lipinski definition) is 2. The van der Waals surface area contributed by atoms with E-state index in [1.165, 1.54) is 22.3 Å². The highest BCUT2D eigenvalue weighted by Crippen LogP contribution is 2.44. The Labute approximate surface area is 113 Å². The Morgan fingerprint density at radius 1 is 0.947 bits per heavy atom. The van der Waals surface area contributed by atoms with Crippen molar-refractivity contribution < 1.29 is 9.84 Å². The first-order valence-electron chi connectivity index (χ1n) is 6.32. The van der Waals surface area contributed by atoms with Crippen molar-refractivity contribution in [2.75, 3.05) is 20.4 Å². The van der Waals surface area contributed by atoms with E-state index in [1.807, 2.05) is 0 Å². The quantitative estimate of drug-likeness (QED) is 0.830. The molecule has 3 nitrogen and oxygen atoms in total. The topological polar surface area (TPSA) is 55.5 Å². The fourth-order valence-corrected chi connectivity index (χ4v) is 2.63. The van der Waals surface area contributed by atoms with Gasteiger partial charge >= 0.3 is 0 Å². The maximum absolute atomic E-state index is 7.00. The second-order valence-corrected chi connectivity index (χ2v) is 4.26. The first-order chi connectivity index (χ1) is 9.42. The molecule has 3 rings (SSSR count). The third-order valence-corrected chi connectivity index (χ3v) is 3.36. The number of aliphatic hydroxyl groups is 1. The second-order valence-electron chi connectivity index (χ2n) is 4.26. The lowest BCUT2D eigenvalue weighted by atomic mass is 9.98. The van der Waals surface area contributed by atoms with Gasteiger partial charge in [-0.05, 0) is 22.3 Å². The molecule has 0 spiro atoms. The van der Waals surface area contributed by atoms with Crippen LogP contribution in [0.1, 0.15) is 17.0 Å². The van der Waals surface area contributed by atoms with Crippen molar-refractivity contribution in [2.45, 2.75) is 5.92 Å². The van der Waals surface area contributed by atoms with Gasteiger partial charge in [-0.25, -0.2) is 0 Å². The van der Waals surface area contributed by atoms with Crippen LogP contribution in [-0.4, -0.2) is 25.6 Å². The van der Waals surface area contributed by atoms with Crippen LogP contribution < -0.4 is 5.73 Å². The van der Waals surface area contributed by atoms with E-state index in [9.17, 15) is 0 Å². The highest BCUT2D eigenvalue weighted by atomic mass is 16.5. The van der Waals surface area contributed by atoms with Crippen molar-refractivity contribution in [3.63, 3.8) is 0 Å². The molecule has 0 unspecified atom stereocenters. The average Bonchev–Trinajstić information content (AvgIpc) is 2.82. The van der Waals surface area contributed by atoms with Crippen LogP contribution in [0.4, 0.5) is 0 Å². The van der Waals surface area contributed by atoms with Crippen molar-refractivity contribution in [2.24, 2.45) is 5.73 Å². The van der Waals surface area contributed by atoms with Gasteiger partial charge in [0.25, 0.3) is 0 Å². The number of aliphatic hydroxyl groups excluding tert-OH is 1. The molecule has 3 heteroatoms. The predicted octanol–water partition coefficient (Wildman–Crippen LogP) is 2.34. The summed E-state index contributed by atoms with van der Waals surface area (Å²) < 4.78 is 5.41. The Morgan fingerprint density at radius 2 is 1.42 bits per heavy atom. The molecule has 1 aliphatic carbocycles. The molecule has 0 aliphatic heterocycles. The molecule has 0 saturated heterocycles. The lowest BCUT2D eigenvalue weighted by Gasteiger charge is -2.12. The largest absolute Gasteiger partial charge is 0.400 e. The van der Waals surface area contributed by atoms with Gasteiger partial charge in [-0.3, -0.25) is 0 Å². The van der Waals surface area contributed by atoms with Crippen LogP contribution in [0, 0.1) is 0 Å². The van der Waals surface area contributed by atoms with E-state index < -0.39 is 0 Å². The normalized spacial score (nSPS) is 12.4. The summed E-state index contributed by atoms with van der Waals surface area (Å²) >= 11 is 0. The van der Waals surface area contributed by atoms with Gasteiger partial charge in [0, 0.05) is 13.0 Å². The van der Waals surface area contributed by atoms with E-state index in [4.69, 9.17) is 15.6 Å². The van der Waals surface area contributed by atoms with Gasteiger partial charge in [0.2, 0.25) is 0 Å². The van der Waals surface area contributed by atoms with Crippen LogP contribution in [0.2, 0.25) is 0 Å². The zero-order valence-electron chi connectivity index (χ0n) is 11.0. The fourth-order valence-electron chi connectivity index (χ4n) is 2.63. The summed E-state index contributed by atoms with van der Waals surface area (Å²) in [5.41, 5.74) is 10.8. The van der Waals surface area contributed by atoms with Crippen molar-refractivity contribution >= 4 is 0 Å². The molecule has 0 radical (unpaired) electrons. The SMILES string of the molecule is CO.NCOCC1c2ccccc2-c2ccccc21. The number of fused-ring (bicyclic) bond motifs is 3. The monoisotopic (exact) mass is 257 g/mol. The summed E-state index contributed by atoms with van der Waals surface area (Å²) in [7, 11) is 1.00. The lowest BCUT2D eigenvalue weighted by molar-refractivity contribution is 0.135. The molecule has 2 aromatic carbocycles. The van der Waals surface area contributed by atoms with Crippen LogP contribution in [0.25, 0.3) is 11.1 Å². The van der Waals surface area contributed by atoms with E-state index in [-0.39, 0.29) is 6.73 Å². The van der Waals surface area contributed by atoms with Gasteiger partial charge in [-0.1, -0.05) is 48.5 Å². The molecule has 0 atom stereocenters. The van der Waals surface area contributed by atoms with Crippen LogP contribution in [-0.2, 0) is 4.74 Å². The highest BCUT2D eigenvalue weighted by Gasteiger charge is 2.27. The molecule has 1 aliphatic rings. The minimum absolute atomic E-state index is 0.279. The highest BCUT2D eigenvalue weighted by molar-refractivity contribution is 5.78. The van der Waals surface area contributed by atoms with Crippen molar-refractivity contribution in [1.82, 2.24) is 0 Å². The molecule has 0 saturated carbocycles. The van der Waals surface area contributed by atoms with Gasteiger partial charge in [0.15, 0.2) is 0 Å². The summed E-state index contributed by atoms with van der Waals surface area (Å²) in [4.78, 5) is 0. The average molecular weight is 257 g/mol. The minimum Gasteiger partial charge on any atom is -0.400 e. The minimum atomic E-state index is 0.279. The molecule has 0 aromatic heterocycles. The Kier molecular flexibility index (Phi) is 4.68. The van der Waals surface area contributed by atoms with Crippen molar-refractivity contribution in [3.05, 3.63) is 59.7 Å². The Hall–Kier alpha value is -1.68. The summed E-state index contributed by atoms with van der Waals surface area (Å²) in [6, 6.07) is 17.1. The number of ether oxygens (including phenoxy) is 1. The van der Waals surface area contributed by atoms with Crippen LogP contribution >= 0.6 is 0 Å². The van der Waals surface area contributed by atoms with Crippen molar-refractivity contribution in [3.8, 4) is 11.1 Å². The third-order valence-electron chi connectivity index (χ3n) is 3.36. The third kappa shape index (κ3) is 2.54. The van der Waals surface area contributed by atoms with Crippen LogP contribution in [0.3, 0.4) is 0 Å². The molecule has 19 heavy (non-hydrogen) atoms. The number of hydrogen-bond acceptors (Lipinski definition) is 3. The molecule has 2 aromatic rings. The zero-order valence-corrected chi connectivity index (χ0v) is 11.0. The fraction of sp³-hybridized carbons (Fsp3) is 0.250. The molecule has 0 fully saturated rings. The molecule has 100 valence electrons. The van der Waals surface area contributed by atoms with Gasteiger partial charge in [-0.15, -0.1) is 0 Å². The van der Waals surface area contributed by atoms with Gasteiger partial charge in [0.1, 0.15) is 0 Å². The van der Waals surface area contributed by atoms with Gasteiger partial charge in [0.05, 0.1) is 13.3 Å². The second kappa shape index (κ2) is 6.48. The van der Waals surface area contributed by atoms with Gasteiger partial charge < -0.3 is 15.6 Å². The first-order valence-corrected chi connectivity index (χ1v) is 6.32. The zero-order chi connectivity index (χ0) is 13.7. The lowest BCUT2D eigenvalue weighted by Crippen LogP contribution is -2.12. The van der Waals surface area contributed by atoms with E-state index in [2.05, 4.69) is 48.5 Å². The van der Waals surface area contributed by atoms with Crippen LogP contribution in [0.15, 0.2) is 48.5 Å². The smallest absolute Gasteiger partial charge is 0.0940 e. The Bertz CT molecular complexity index is 494. The van der Waals surface area contributed by atoms with Crippen LogP contribution in [0.5, 0.6) is 0 Å². The van der Waals surface area contributed by atoms with E-state index in [1.54, 1.807) is 0 Å². The Morgan fingerprint density at radius 3 is 1.89 bits per heavy atom.